The summed E-state index contributed by atoms with van der Waals surface area (Å²) in [5.41, 5.74) is 0.944. The van der Waals surface area contributed by atoms with Gasteiger partial charge in [0.1, 0.15) is 11.6 Å². The number of carbonyl (C=O) groups is 1. The molecular weight excluding hydrogens is 240 g/mol. The number of amides is 1. The van der Waals surface area contributed by atoms with Gasteiger partial charge in [0.05, 0.1) is 13.0 Å². The summed E-state index contributed by atoms with van der Waals surface area (Å²) in [4.78, 5) is 15.8. The van der Waals surface area contributed by atoms with Crippen LogP contribution in [-0.4, -0.2) is 17.5 Å². The van der Waals surface area contributed by atoms with Crippen molar-refractivity contribution >= 4 is 11.7 Å². The standard InChI is InChI=1S/C15H16N2O2/c1-12-6-5-10-16-15(12)17-14(18)9-11-19-13-7-3-2-4-8-13/h2-8,10H,9,11H2,1H3,(H,16,17,18). The lowest BCUT2D eigenvalue weighted by atomic mass is 10.3. The minimum Gasteiger partial charge on any atom is -0.493 e. The van der Waals surface area contributed by atoms with Gasteiger partial charge in [0.15, 0.2) is 0 Å². The predicted molar refractivity (Wildman–Crippen MR) is 74.2 cm³/mol. The zero-order valence-electron chi connectivity index (χ0n) is 10.8. The van der Waals surface area contributed by atoms with Gasteiger partial charge in [-0.1, -0.05) is 24.3 Å². The zero-order chi connectivity index (χ0) is 13.5. The van der Waals surface area contributed by atoms with Crippen LogP contribution in [0.1, 0.15) is 12.0 Å². The van der Waals surface area contributed by atoms with Gasteiger partial charge >= 0.3 is 0 Å². The lowest BCUT2D eigenvalue weighted by Crippen LogP contribution is -2.16. The van der Waals surface area contributed by atoms with Crippen molar-refractivity contribution in [2.45, 2.75) is 13.3 Å². The van der Waals surface area contributed by atoms with E-state index in [0.717, 1.165) is 11.3 Å². The highest BCUT2D eigenvalue weighted by atomic mass is 16.5. The summed E-state index contributed by atoms with van der Waals surface area (Å²) in [7, 11) is 0. The highest BCUT2D eigenvalue weighted by Crippen LogP contribution is 2.10. The molecule has 0 aliphatic heterocycles. The van der Waals surface area contributed by atoms with E-state index < -0.39 is 0 Å². The van der Waals surface area contributed by atoms with Crippen LogP contribution in [0, 0.1) is 6.92 Å². The number of hydrogen-bond donors (Lipinski definition) is 1. The van der Waals surface area contributed by atoms with E-state index in [1.165, 1.54) is 0 Å². The van der Waals surface area contributed by atoms with Crippen LogP contribution in [0.5, 0.6) is 5.75 Å². The Kier molecular flexibility index (Phi) is 4.50. The average Bonchev–Trinajstić information content (AvgIpc) is 2.43. The van der Waals surface area contributed by atoms with Crippen molar-refractivity contribution in [3.8, 4) is 5.75 Å². The van der Waals surface area contributed by atoms with Crippen molar-refractivity contribution in [1.29, 1.82) is 0 Å². The monoisotopic (exact) mass is 256 g/mol. The summed E-state index contributed by atoms with van der Waals surface area (Å²) in [5, 5.41) is 2.77. The van der Waals surface area contributed by atoms with E-state index in [9.17, 15) is 4.79 Å². The fourth-order valence-electron chi connectivity index (χ4n) is 1.59. The second kappa shape index (κ2) is 6.54. The molecule has 0 atom stereocenters. The van der Waals surface area contributed by atoms with Gasteiger partial charge in [-0.25, -0.2) is 4.98 Å². The third kappa shape index (κ3) is 4.10. The number of carbonyl (C=O) groups excluding carboxylic acids is 1. The molecule has 0 bridgehead atoms. The fourth-order valence-corrected chi connectivity index (χ4v) is 1.59. The summed E-state index contributed by atoms with van der Waals surface area (Å²) >= 11 is 0. The van der Waals surface area contributed by atoms with Crippen molar-refractivity contribution in [2.75, 3.05) is 11.9 Å². The zero-order valence-corrected chi connectivity index (χ0v) is 10.8. The molecule has 0 aliphatic rings. The first kappa shape index (κ1) is 13.1. The summed E-state index contributed by atoms with van der Waals surface area (Å²) in [6, 6.07) is 13.2. The summed E-state index contributed by atoms with van der Waals surface area (Å²) in [6.45, 7) is 2.25. The summed E-state index contributed by atoms with van der Waals surface area (Å²) < 4.78 is 5.46. The molecule has 4 nitrogen and oxygen atoms in total. The van der Waals surface area contributed by atoms with Crippen LogP contribution in [0.2, 0.25) is 0 Å². The predicted octanol–water partition coefficient (Wildman–Crippen LogP) is 2.80. The van der Waals surface area contributed by atoms with Crippen LogP contribution in [0.4, 0.5) is 5.82 Å². The number of benzene rings is 1. The van der Waals surface area contributed by atoms with E-state index in [0.29, 0.717) is 18.8 Å². The Bertz CT molecular complexity index is 541. The first-order valence-corrected chi connectivity index (χ1v) is 6.15. The first-order valence-electron chi connectivity index (χ1n) is 6.15. The average molecular weight is 256 g/mol. The molecular formula is C15H16N2O2. The Morgan fingerprint density at radius 2 is 2.00 bits per heavy atom. The second-order valence-electron chi connectivity index (χ2n) is 4.13. The quantitative estimate of drug-likeness (QED) is 0.895. The molecule has 2 aromatic rings. The van der Waals surface area contributed by atoms with Crippen LogP contribution in [0.25, 0.3) is 0 Å². The number of nitrogens with zero attached hydrogens (tertiary/aromatic N) is 1. The van der Waals surface area contributed by atoms with Gasteiger partial charge in [0, 0.05) is 6.20 Å². The number of nitrogens with one attached hydrogen (secondary N) is 1. The Hall–Kier alpha value is -2.36. The molecule has 1 aromatic heterocycles. The van der Waals surface area contributed by atoms with Gasteiger partial charge in [0.2, 0.25) is 5.91 Å². The van der Waals surface area contributed by atoms with Gasteiger partial charge in [-0.05, 0) is 30.7 Å². The molecule has 0 spiro atoms. The molecule has 0 aliphatic carbocycles. The maximum Gasteiger partial charge on any atom is 0.228 e. The van der Waals surface area contributed by atoms with Crippen molar-refractivity contribution < 1.29 is 9.53 Å². The van der Waals surface area contributed by atoms with Crippen LogP contribution in [0.15, 0.2) is 48.7 Å². The van der Waals surface area contributed by atoms with Crippen LogP contribution in [-0.2, 0) is 4.79 Å². The fraction of sp³-hybridized carbons (Fsp3) is 0.200. The van der Waals surface area contributed by atoms with E-state index in [1.807, 2.05) is 49.4 Å². The van der Waals surface area contributed by atoms with E-state index >= 15 is 0 Å². The Balaban J connectivity index is 1.78. The minimum atomic E-state index is -0.0993. The highest BCUT2D eigenvalue weighted by molar-refractivity contribution is 5.90. The number of pyridine rings is 1. The summed E-state index contributed by atoms with van der Waals surface area (Å²) in [6.07, 6.45) is 1.95. The number of ether oxygens (including phenoxy) is 1. The maximum absolute atomic E-state index is 11.7. The Morgan fingerprint density at radius 3 is 2.74 bits per heavy atom. The number of hydrogen-bond acceptors (Lipinski definition) is 3. The Labute approximate surface area is 112 Å². The van der Waals surface area contributed by atoms with Crippen molar-refractivity contribution in [3.63, 3.8) is 0 Å². The van der Waals surface area contributed by atoms with Gasteiger partial charge < -0.3 is 10.1 Å². The molecule has 2 rings (SSSR count). The minimum absolute atomic E-state index is 0.0993. The van der Waals surface area contributed by atoms with Gasteiger partial charge in [-0.2, -0.15) is 0 Å². The molecule has 0 saturated heterocycles. The van der Waals surface area contributed by atoms with Crippen molar-refractivity contribution in [1.82, 2.24) is 4.98 Å². The first-order chi connectivity index (χ1) is 9.25. The molecule has 1 aromatic carbocycles. The number of rotatable bonds is 5. The van der Waals surface area contributed by atoms with Crippen LogP contribution >= 0.6 is 0 Å². The topological polar surface area (TPSA) is 51.2 Å². The van der Waals surface area contributed by atoms with Crippen molar-refractivity contribution in [2.24, 2.45) is 0 Å². The lowest BCUT2D eigenvalue weighted by Gasteiger charge is -2.08. The van der Waals surface area contributed by atoms with Crippen LogP contribution in [0.3, 0.4) is 0 Å². The highest BCUT2D eigenvalue weighted by Gasteiger charge is 2.05. The smallest absolute Gasteiger partial charge is 0.228 e. The molecule has 19 heavy (non-hydrogen) atoms. The molecule has 0 fully saturated rings. The normalized spacial score (nSPS) is 9.95. The lowest BCUT2D eigenvalue weighted by molar-refractivity contribution is -0.116. The number of anilines is 1. The maximum atomic E-state index is 11.7. The summed E-state index contributed by atoms with van der Waals surface area (Å²) in [5.74, 6) is 1.27. The molecule has 0 unspecified atom stereocenters. The molecule has 0 radical (unpaired) electrons. The van der Waals surface area contributed by atoms with Gasteiger partial charge in [-0.3, -0.25) is 4.79 Å². The molecule has 1 heterocycles. The molecule has 98 valence electrons. The molecule has 1 N–H and O–H groups in total. The number of para-hydroxylation sites is 1. The molecule has 1 amide bonds. The molecule has 4 heteroatoms. The van der Waals surface area contributed by atoms with E-state index in [1.54, 1.807) is 6.20 Å². The number of aryl methyl sites for hydroxylation is 1. The third-order valence-corrected chi connectivity index (χ3v) is 2.61. The second-order valence-corrected chi connectivity index (χ2v) is 4.13. The SMILES string of the molecule is Cc1cccnc1NC(=O)CCOc1ccccc1. The van der Waals surface area contributed by atoms with Crippen LogP contribution < -0.4 is 10.1 Å². The van der Waals surface area contributed by atoms with E-state index in [4.69, 9.17) is 4.74 Å². The van der Waals surface area contributed by atoms with Gasteiger partial charge in [-0.15, -0.1) is 0 Å². The Morgan fingerprint density at radius 1 is 1.21 bits per heavy atom. The number of aromatic nitrogens is 1. The van der Waals surface area contributed by atoms with E-state index in [2.05, 4.69) is 10.3 Å². The molecule has 0 saturated carbocycles. The van der Waals surface area contributed by atoms with Crippen molar-refractivity contribution in [3.05, 3.63) is 54.2 Å². The largest absolute Gasteiger partial charge is 0.493 e. The third-order valence-electron chi connectivity index (χ3n) is 2.61. The van der Waals surface area contributed by atoms with Gasteiger partial charge in [0.25, 0.3) is 0 Å². The van der Waals surface area contributed by atoms with E-state index in [-0.39, 0.29) is 5.91 Å².